The van der Waals surface area contributed by atoms with Gasteiger partial charge in [-0.05, 0) is 24.6 Å². The highest BCUT2D eigenvalue weighted by Crippen LogP contribution is 2.16. The van der Waals surface area contributed by atoms with Crippen LogP contribution >= 0.6 is 12.4 Å². The van der Waals surface area contributed by atoms with Crippen LogP contribution in [0.1, 0.15) is 12.5 Å². The van der Waals surface area contributed by atoms with Crippen LogP contribution < -0.4 is 10.5 Å². The van der Waals surface area contributed by atoms with Crippen molar-refractivity contribution in [3.05, 3.63) is 29.8 Å². The van der Waals surface area contributed by atoms with Crippen molar-refractivity contribution in [2.75, 3.05) is 13.7 Å². The van der Waals surface area contributed by atoms with E-state index in [-0.39, 0.29) is 19.0 Å². The molecular weight excluding hydrogens is 214 g/mol. The lowest BCUT2D eigenvalue weighted by molar-refractivity contribution is 0.0696. The molecule has 0 aliphatic rings. The number of benzene rings is 1. The maximum absolute atomic E-state index is 9.75. The Morgan fingerprint density at radius 1 is 1.33 bits per heavy atom. The molecule has 1 atom stereocenters. The van der Waals surface area contributed by atoms with Crippen LogP contribution in [0.5, 0.6) is 5.75 Å². The Bertz CT molecular complexity index is 285. The minimum atomic E-state index is -0.825. The van der Waals surface area contributed by atoms with Gasteiger partial charge in [0, 0.05) is 13.0 Å². The van der Waals surface area contributed by atoms with Crippen molar-refractivity contribution in [1.82, 2.24) is 0 Å². The van der Waals surface area contributed by atoms with E-state index >= 15 is 0 Å². The van der Waals surface area contributed by atoms with E-state index in [0.29, 0.717) is 6.42 Å². The van der Waals surface area contributed by atoms with Crippen molar-refractivity contribution in [3.8, 4) is 5.75 Å². The molecule has 0 amide bonds. The highest BCUT2D eigenvalue weighted by Gasteiger charge is 2.18. The molecule has 0 bridgehead atoms. The van der Waals surface area contributed by atoms with Crippen molar-refractivity contribution in [2.24, 2.45) is 5.73 Å². The van der Waals surface area contributed by atoms with Gasteiger partial charge in [0.25, 0.3) is 0 Å². The van der Waals surface area contributed by atoms with Crippen LogP contribution in [0.25, 0.3) is 0 Å². The van der Waals surface area contributed by atoms with Crippen LogP contribution in [0, 0.1) is 0 Å². The van der Waals surface area contributed by atoms with Gasteiger partial charge in [0.15, 0.2) is 0 Å². The quantitative estimate of drug-likeness (QED) is 0.823. The minimum absolute atomic E-state index is 0. The molecular formula is C11H18ClNO2. The zero-order chi connectivity index (χ0) is 10.6. The van der Waals surface area contributed by atoms with E-state index in [1.54, 1.807) is 14.0 Å². The third-order valence-corrected chi connectivity index (χ3v) is 2.18. The van der Waals surface area contributed by atoms with Gasteiger partial charge in [0.2, 0.25) is 0 Å². The first kappa shape index (κ1) is 14.2. The van der Waals surface area contributed by atoms with Gasteiger partial charge in [0.05, 0.1) is 12.7 Å². The molecule has 1 rings (SSSR count). The molecule has 86 valence electrons. The first-order valence-corrected chi connectivity index (χ1v) is 4.63. The maximum atomic E-state index is 9.75. The third kappa shape index (κ3) is 4.51. The minimum Gasteiger partial charge on any atom is -0.497 e. The topological polar surface area (TPSA) is 55.5 Å². The predicted molar refractivity (Wildman–Crippen MR) is 63.6 cm³/mol. The molecule has 1 aromatic rings. The Kier molecular flexibility index (Phi) is 5.65. The van der Waals surface area contributed by atoms with Crippen molar-refractivity contribution in [3.63, 3.8) is 0 Å². The fraction of sp³-hybridized carbons (Fsp3) is 0.455. The summed E-state index contributed by atoms with van der Waals surface area (Å²) in [6.45, 7) is 2.00. The lowest BCUT2D eigenvalue weighted by Gasteiger charge is -2.20. The van der Waals surface area contributed by atoms with Gasteiger partial charge in [-0.2, -0.15) is 0 Å². The molecule has 15 heavy (non-hydrogen) atoms. The monoisotopic (exact) mass is 231 g/mol. The molecule has 0 aliphatic carbocycles. The molecule has 0 aromatic heterocycles. The predicted octanol–water partition coefficient (Wildman–Crippen LogP) is 1.37. The number of methoxy groups -OCH3 is 1. The van der Waals surface area contributed by atoms with Crippen molar-refractivity contribution < 1.29 is 9.84 Å². The highest BCUT2D eigenvalue weighted by atomic mass is 35.5. The van der Waals surface area contributed by atoms with Crippen LogP contribution in [0.4, 0.5) is 0 Å². The lowest BCUT2D eigenvalue weighted by Crippen LogP contribution is -2.36. The summed E-state index contributed by atoms with van der Waals surface area (Å²) >= 11 is 0. The molecule has 0 fully saturated rings. The zero-order valence-electron chi connectivity index (χ0n) is 9.06. The van der Waals surface area contributed by atoms with Crippen LogP contribution in [0.2, 0.25) is 0 Å². The molecule has 3 N–H and O–H groups in total. The van der Waals surface area contributed by atoms with E-state index < -0.39 is 5.60 Å². The molecule has 3 nitrogen and oxygen atoms in total. The van der Waals surface area contributed by atoms with E-state index in [4.69, 9.17) is 10.5 Å². The van der Waals surface area contributed by atoms with Crippen LogP contribution in [-0.2, 0) is 6.42 Å². The summed E-state index contributed by atoms with van der Waals surface area (Å²) in [6.07, 6.45) is 0.563. The van der Waals surface area contributed by atoms with Gasteiger partial charge in [-0.1, -0.05) is 12.1 Å². The first-order valence-electron chi connectivity index (χ1n) is 4.63. The van der Waals surface area contributed by atoms with E-state index in [2.05, 4.69) is 0 Å². The number of ether oxygens (including phenoxy) is 1. The number of rotatable bonds is 4. The number of hydrogen-bond acceptors (Lipinski definition) is 3. The van der Waals surface area contributed by atoms with Crippen molar-refractivity contribution in [2.45, 2.75) is 18.9 Å². The fourth-order valence-electron chi connectivity index (χ4n) is 1.26. The first-order chi connectivity index (χ1) is 6.57. The van der Waals surface area contributed by atoms with Crippen LogP contribution in [0.15, 0.2) is 24.3 Å². The van der Waals surface area contributed by atoms with Gasteiger partial charge in [0.1, 0.15) is 5.75 Å². The van der Waals surface area contributed by atoms with Crippen molar-refractivity contribution in [1.29, 1.82) is 0 Å². The van der Waals surface area contributed by atoms with E-state index in [1.165, 1.54) is 0 Å². The molecule has 1 unspecified atom stereocenters. The summed E-state index contributed by atoms with van der Waals surface area (Å²) in [5, 5.41) is 9.75. The van der Waals surface area contributed by atoms with E-state index in [9.17, 15) is 5.11 Å². The molecule has 4 heteroatoms. The summed E-state index contributed by atoms with van der Waals surface area (Å²) in [6, 6.07) is 7.62. The Balaban J connectivity index is 0.00000196. The normalized spacial score (nSPS) is 13.9. The SMILES string of the molecule is COc1ccc(CC(C)(O)CN)cc1.Cl. The Hall–Kier alpha value is -0.770. The maximum Gasteiger partial charge on any atom is 0.118 e. The summed E-state index contributed by atoms with van der Waals surface area (Å²) in [7, 11) is 1.63. The Morgan fingerprint density at radius 2 is 1.87 bits per heavy atom. The van der Waals surface area contributed by atoms with Gasteiger partial charge in [-0.15, -0.1) is 12.4 Å². The number of halogens is 1. The van der Waals surface area contributed by atoms with Gasteiger partial charge < -0.3 is 15.6 Å². The lowest BCUT2D eigenvalue weighted by atomic mass is 9.97. The molecule has 0 heterocycles. The summed E-state index contributed by atoms with van der Waals surface area (Å²) < 4.78 is 5.04. The van der Waals surface area contributed by atoms with Crippen LogP contribution in [-0.4, -0.2) is 24.4 Å². The smallest absolute Gasteiger partial charge is 0.118 e. The van der Waals surface area contributed by atoms with Gasteiger partial charge in [-0.3, -0.25) is 0 Å². The molecule has 0 aliphatic heterocycles. The van der Waals surface area contributed by atoms with E-state index in [1.807, 2.05) is 24.3 Å². The second-order valence-corrected chi connectivity index (χ2v) is 3.73. The summed E-state index contributed by atoms with van der Waals surface area (Å²) in [5.74, 6) is 0.821. The molecule has 0 saturated heterocycles. The van der Waals surface area contributed by atoms with E-state index in [0.717, 1.165) is 11.3 Å². The molecule has 0 spiro atoms. The average Bonchev–Trinajstić information content (AvgIpc) is 2.19. The number of aliphatic hydroxyl groups is 1. The average molecular weight is 232 g/mol. The molecule has 0 saturated carbocycles. The van der Waals surface area contributed by atoms with Crippen molar-refractivity contribution >= 4 is 12.4 Å². The standard InChI is InChI=1S/C11H17NO2.ClH/c1-11(13,8-12)7-9-3-5-10(14-2)6-4-9;/h3-6,13H,7-8,12H2,1-2H3;1H. The third-order valence-electron chi connectivity index (χ3n) is 2.18. The fourth-order valence-corrected chi connectivity index (χ4v) is 1.26. The van der Waals surface area contributed by atoms with Gasteiger partial charge in [-0.25, -0.2) is 0 Å². The number of hydrogen-bond donors (Lipinski definition) is 2. The van der Waals surface area contributed by atoms with Gasteiger partial charge >= 0.3 is 0 Å². The second kappa shape index (κ2) is 5.95. The zero-order valence-corrected chi connectivity index (χ0v) is 9.88. The summed E-state index contributed by atoms with van der Waals surface area (Å²) in [5.41, 5.74) is 5.67. The largest absolute Gasteiger partial charge is 0.497 e. The molecule has 0 radical (unpaired) electrons. The highest BCUT2D eigenvalue weighted by molar-refractivity contribution is 5.85. The molecule has 1 aromatic carbocycles. The Morgan fingerprint density at radius 3 is 2.27 bits per heavy atom. The van der Waals surface area contributed by atoms with Crippen LogP contribution in [0.3, 0.4) is 0 Å². The Labute approximate surface area is 96.7 Å². The number of nitrogens with two attached hydrogens (primary N) is 1. The summed E-state index contributed by atoms with van der Waals surface area (Å²) in [4.78, 5) is 0. The second-order valence-electron chi connectivity index (χ2n) is 3.73.